The van der Waals surface area contributed by atoms with Crippen LogP contribution in [0.2, 0.25) is 0 Å². The SMILES string of the molecule is CCc1cccc(CC)c1NC(=O)c1cccc(NC(=O)c2ccccc2N(c2ccccc2)c2ccccc2)c1. The summed E-state index contributed by atoms with van der Waals surface area (Å²) in [5, 5.41) is 6.13. The van der Waals surface area contributed by atoms with Gasteiger partial charge in [-0.1, -0.05) is 86.6 Å². The Hall–Kier alpha value is -5.16. The molecule has 0 aliphatic heterocycles. The highest BCUT2D eigenvalue weighted by atomic mass is 16.2. The van der Waals surface area contributed by atoms with E-state index in [0.717, 1.165) is 46.7 Å². The number of anilines is 5. The third-order valence-electron chi connectivity index (χ3n) is 7.04. The Morgan fingerprint density at radius 2 is 1.15 bits per heavy atom. The van der Waals surface area contributed by atoms with Gasteiger partial charge in [0.05, 0.1) is 11.3 Å². The van der Waals surface area contributed by atoms with E-state index in [-0.39, 0.29) is 11.8 Å². The number of amides is 2. The Morgan fingerprint density at radius 3 is 1.76 bits per heavy atom. The minimum absolute atomic E-state index is 0.212. The van der Waals surface area contributed by atoms with Crippen LogP contribution in [0, 0.1) is 0 Å². The van der Waals surface area contributed by atoms with E-state index in [1.165, 1.54) is 0 Å². The van der Waals surface area contributed by atoms with E-state index >= 15 is 0 Å². The lowest BCUT2D eigenvalue weighted by Gasteiger charge is -2.27. The summed E-state index contributed by atoms with van der Waals surface area (Å²) in [5.41, 5.74) is 7.22. The highest BCUT2D eigenvalue weighted by molar-refractivity contribution is 6.10. The van der Waals surface area contributed by atoms with Crippen molar-refractivity contribution >= 4 is 40.3 Å². The van der Waals surface area contributed by atoms with Gasteiger partial charge in [0.2, 0.25) is 0 Å². The van der Waals surface area contributed by atoms with E-state index in [4.69, 9.17) is 0 Å². The molecule has 5 aromatic rings. The van der Waals surface area contributed by atoms with Crippen molar-refractivity contribution in [1.29, 1.82) is 0 Å². The minimum atomic E-state index is -0.264. The van der Waals surface area contributed by atoms with Gasteiger partial charge in [-0.25, -0.2) is 0 Å². The monoisotopic (exact) mass is 539 g/mol. The summed E-state index contributed by atoms with van der Waals surface area (Å²) in [7, 11) is 0. The number of carbonyl (C=O) groups is 2. The molecule has 5 aromatic carbocycles. The molecule has 0 atom stereocenters. The Labute approximate surface area is 241 Å². The predicted octanol–water partition coefficient (Wildman–Crippen LogP) is 8.79. The van der Waals surface area contributed by atoms with Gasteiger partial charge in [-0.2, -0.15) is 0 Å². The van der Waals surface area contributed by atoms with Gasteiger partial charge in [-0.05, 0) is 78.6 Å². The molecule has 0 saturated heterocycles. The number of carbonyl (C=O) groups excluding carboxylic acids is 2. The van der Waals surface area contributed by atoms with Crippen molar-refractivity contribution in [1.82, 2.24) is 0 Å². The lowest BCUT2D eigenvalue weighted by molar-refractivity contribution is 0.101. The molecule has 0 aliphatic rings. The first-order valence-electron chi connectivity index (χ1n) is 13.9. The van der Waals surface area contributed by atoms with E-state index in [9.17, 15) is 9.59 Å². The third-order valence-corrected chi connectivity index (χ3v) is 7.04. The highest BCUT2D eigenvalue weighted by Gasteiger charge is 2.20. The van der Waals surface area contributed by atoms with Crippen LogP contribution in [-0.2, 0) is 12.8 Å². The van der Waals surface area contributed by atoms with Crippen molar-refractivity contribution in [3.8, 4) is 0 Å². The number of benzene rings is 5. The molecule has 2 amide bonds. The molecular formula is C36H33N3O2. The molecule has 0 saturated carbocycles. The van der Waals surface area contributed by atoms with Crippen LogP contribution in [0.3, 0.4) is 0 Å². The van der Waals surface area contributed by atoms with Crippen LogP contribution >= 0.6 is 0 Å². The molecular weight excluding hydrogens is 506 g/mol. The van der Waals surface area contributed by atoms with Crippen molar-refractivity contribution in [2.24, 2.45) is 0 Å². The van der Waals surface area contributed by atoms with Crippen LogP contribution < -0.4 is 15.5 Å². The zero-order chi connectivity index (χ0) is 28.6. The van der Waals surface area contributed by atoms with Crippen molar-refractivity contribution in [3.63, 3.8) is 0 Å². The quantitative estimate of drug-likeness (QED) is 0.197. The molecule has 2 N–H and O–H groups in total. The van der Waals surface area contributed by atoms with Crippen molar-refractivity contribution in [2.45, 2.75) is 26.7 Å². The molecule has 0 radical (unpaired) electrons. The zero-order valence-electron chi connectivity index (χ0n) is 23.3. The second kappa shape index (κ2) is 12.8. The Balaban J connectivity index is 1.43. The largest absolute Gasteiger partial charge is 0.322 e. The molecule has 0 unspecified atom stereocenters. The first kappa shape index (κ1) is 27.4. The summed E-state index contributed by atoms with van der Waals surface area (Å²) in [6.07, 6.45) is 1.64. The molecule has 5 rings (SSSR count). The lowest BCUT2D eigenvalue weighted by Crippen LogP contribution is -2.19. The second-order valence-corrected chi connectivity index (χ2v) is 9.67. The highest BCUT2D eigenvalue weighted by Crippen LogP contribution is 2.36. The Morgan fingerprint density at radius 1 is 0.585 bits per heavy atom. The standard InChI is InChI=1S/C36H33N3O2/c1-3-26-15-13-16-27(4-2)34(26)38-35(40)28-17-14-18-29(25-28)37-36(41)32-23-11-12-24-33(32)39(30-19-7-5-8-20-30)31-21-9-6-10-22-31/h5-25H,3-4H2,1-2H3,(H,37,41)(H,38,40). The first-order chi connectivity index (χ1) is 20.1. The van der Waals surface area contributed by atoms with Gasteiger partial charge in [-0.3, -0.25) is 9.59 Å². The average Bonchev–Trinajstić information content (AvgIpc) is 3.02. The average molecular weight is 540 g/mol. The molecule has 5 nitrogen and oxygen atoms in total. The predicted molar refractivity (Wildman–Crippen MR) is 169 cm³/mol. The molecule has 0 bridgehead atoms. The molecule has 0 fully saturated rings. The van der Waals surface area contributed by atoms with Gasteiger partial charge in [0.1, 0.15) is 0 Å². The van der Waals surface area contributed by atoms with Gasteiger partial charge >= 0.3 is 0 Å². The number of rotatable bonds is 9. The third kappa shape index (κ3) is 6.20. The number of aryl methyl sites for hydroxylation is 2. The van der Waals surface area contributed by atoms with E-state index in [1.807, 2.05) is 103 Å². The van der Waals surface area contributed by atoms with Crippen molar-refractivity contribution in [2.75, 3.05) is 15.5 Å². The van der Waals surface area contributed by atoms with Gasteiger partial charge in [0, 0.05) is 28.3 Å². The fraction of sp³-hybridized carbons (Fsp3) is 0.111. The summed E-state index contributed by atoms with van der Waals surface area (Å²) in [4.78, 5) is 29.1. The smallest absolute Gasteiger partial charge is 0.257 e. The lowest BCUT2D eigenvalue weighted by atomic mass is 10.0. The maximum Gasteiger partial charge on any atom is 0.257 e. The number of para-hydroxylation sites is 4. The van der Waals surface area contributed by atoms with E-state index in [2.05, 4.69) is 29.4 Å². The van der Waals surface area contributed by atoms with Gasteiger partial charge < -0.3 is 15.5 Å². The number of nitrogens with one attached hydrogen (secondary N) is 2. The van der Waals surface area contributed by atoms with Crippen LogP contribution in [0.1, 0.15) is 45.7 Å². The molecule has 41 heavy (non-hydrogen) atoms. The van der Waals surface area contributed by atoms with Gasteiger partial charge in [0.25, 0.3) is 11.8 Å². The first-order valence-corrected chi connectivity index (χ1v) is 13.9. The number of nitrogens with zero attached hydrogens (tertiary/aromatic N) is 1. The Bertz CT molecular complexity index is 1590. The van der Waals surface area contributed by atoms with Crippen LogP contribution in [0.15, 0.2) is 127 Å². The second-order valence-electron chi connectivity index (χ2n) is 9.67. The Kier molecular flexibility index (Phi) is 8.55. The molecule has 0 spiro atoms. The van der Waals surface area contributed by atoms with Crippen LogP contribution in [0.5, 0.6) is 0 Å². The normalized spacial score (nSPS) is 10.6. The molecule has 0 heterocycles. The van der Waals surface area contributed by atoms with Crippen LogP contribution in [0.4, 0.5) is 28.4 Å². The molecule has 0 aromatic heterocycles. The molecule has 5 heteroatoms. The fourth-order valence-corrected chi connectivity index (χ4v) is 4.97. The van der Waals surface area contributed by atoms with Crippen molar-refractivity contribution < 1.29 is 9.59 Å². The summed E-state index contributed by atoms with van der Waals surface area (Å²) in [6, 6.07) is 40.6. The summed E-state index contributed by atoms with van der Waals surface area (Å²) in [6.45, 7) is 4.16. The summed E-state index contributed by atoms with van der Waals surface area (Å²) >= 11 is 0. The number of hydrogen-bond acceptors (Lipinski definition) is 3. The maximum atomic E-state index is 13.7. The maximum absolute atomic E-state index is 13.7. The minimum Gasteiger partial charge on any atom is -0.322 e. The fourth-order valence-electron chi connectivity index (χ4n) is 4.97. The number of hydrogen-bond donors (Lipinski definition) is 2. The van der Waals surface area contributed by atoms with Gasteiger partial charge in [-0.15, -0.1) is 0 Å². The van der Waals surface area contributed by atoms with Crippen LogP contribution in [-0.4, -0.2) is 11.8 Å². The summed E-state index contributed by atoms with van der Waals surface area (Å²) in [5.74, 6) is -0.476. The topological polar surface area (TPSA) is 61.4 Å². The van der Waals surface area contributed by atoms with E-state index < -0.39 is 0 Å². The van der Waals surface area contributed by atoms with E-state index in [0.29, 0.717) is 16.8 Å². The zero-order valence-corrected chi connectivity index (χ0v) is 23.3. The molecule has 204 valence electrons. The summed E-state index contributed by atoms with van der Waals surface area (Å²) < 4.78 is 0. The van der Waals surface area contributed by atoms with E-state index in [1.54, 1.807) is 24.3 Å². The van der Waals surface area contributed by atoms with Crippen molar-refractivity contribution in [3.05, 3.63) is 150 Å². The molecule has 0 aliphatic carbocycles. The van der Waals surface area contributed by atoms with Gasteiger partial charge in [0.15, 0.2) is 0 Å². The van der Waals surface area contributed by atoms with Crippen LogP contribution in [0.25, 0.3) is 0 Å².